The van der Waals surface area contributed by atoms with Gasteiger partial charge in [0.05, 0.1) is 5.37 Å². The van der Waals surface area contributed by atoms with Gasteiger partial charge < -0.3 is 5.73 Å². The summed E-state index contributed by atoms with van der Waals surface area (Å²) in [4.78, 5) is 0. The standard InChI is InChI=1S/C4H9NS/c5-4-2-1-3-6-4/h4H,1-3,5H2. The van der Waals surface area contributed by atoms with Crippen molar-refractivity contribution in [3.63, 3.8) is 0 Å². The van der Waals surface area contributed by atoms with Gasteiger partial charge in [0, 0.05) is 0 Å². The molecule has 36 valence electrons. The summed E-state index contributed by atoms with van der Waals surface area (Å²) in [6, 6.07) is 0. The minimum Gasteiger partial charge on any atom is -0.319 e. The van der Waals surface area contributed by atoms with Crippen molar-refractivity contribution in [2.45, 2.75) is 18.2 Å². The second-order valence-electron chi connectivity index (χ2n) is 1.55. The highest BCUT2D eigenvalue weighted by molar-refractivity contribution is 8.00. The van der Waals surface area contributed by atoms with Gasteiger partial charge in [0.25, 0.3) is 0 Å². The number of rotatable bonds is 0. The van der Waals surface area contributed by atoms with E-state index in [9.17, 15) is 0 Å². The zero-order chi connectivity index (χ0) is 4.41. The molecule has 1 unspecified atom stereocenters. The van der Waals surface area contributed by atoms with E-state index in [2.05, 4.69) is 0 Å². The van der Waals surface area contributed by atoms with Crippen molar-refractivity contribution in [2.24, 2.45) is 5.73 Å². The lowest BCUT2D eigenvalue weighted by Gasteiger charge is -1.92. The van der Waals surface area contributed by atoms with Crippen LogP contribution in [0.2, 0.25) is 0 Å². The molecule has 1 saturated heterocycles. The number of thioether (sulfide) groups is 1. The summed E-state index contributed by atoms with van der Waals surface area (Å²) in [5.41, 5.74) is 5.50. The van der Waals surface area contributed by atoms with E-state index in [0.29, 0.717) is 5.37 Å². The van der Waals surface area contributed by atoms with Crippen LogP contribution in [0, 0.1) is 0 Å². The van der Waals surface area contributed by atoms with Crippen molar-refractivity contribution >= 4 is 11.8 Å². The molecule has 0 aliphatic carbocycles. The summed E-state index contributed by atoms with van der Waals surface area (Å²) in [5, 5.41) is 0.463. The molecule has 0 spiro atoms. The normalized spacial score (nSPS) is 34.5. The Labute approximate surface area is 42.3 Å². The molecule has 1 aliphatic rings. The first-order valence-corrected chi connectivity index (χ1v) is 3.31. The molecule has 0 aromatic heterocycles. The zero-order valence-corrected chi connectivity index (χ0v) is 4.50. The monoisotopic (exact) mass is 103 g/mol. The van der Waals surface area contributed by atoms with E-state index in [-0.39, 0.29) is 0 Å². The predicted octanol–water partition coefficient (Wildman–Crippen LogP) is 0.798. The van der Waals surface area contributed by atoms with Gasteiger partial charge in [-0.1, -0.05) is 0 Å². The molecule has 0 bridgehead atoms. The fraction of sp³-hybridized carbons (Fsp3) is 1.00. The Balaban J connectivity index is 2.18. The van der Waals surface area contributed by atoms with Crippen molar-refractivity contribution in [3.8, 4) is 0 Å². The third kappa shape index (κ3) is 0.884. The molecule has 1 aliphatic heterocycles. The van der Waals surface area contributed by atoms with Crippen molar-refractivity contribution in [2.75, 3.05) is 5.75 Å². The zero-order valence-electron chi connectivity index (χ0n) is 3.68. The molecule has 6 heavy (non-hydrogen) atoms. The first kappa shape index (κ1) is 4.47. The van der Waals surface area contributed by atoms with Crippen molar-refractivity contribution < 1.29 is 0 Å². The molecule has 0 aromatic carbocycles. The minimum absolute atomic E-state index is 0.463. The van der Waals surface area contributed by atoms with Gasteiger partial charge in [-0.2, -0.15) is 0 Å². The van der Waals surface area contributed by atoms with Crippen LogP contribution < -0.4 is 5.73 Å². The molecule has 1 nitrogen and oxygen atoms in total. The lowest BCUT2D eigenvalue weighted by molar-refractivity contribution is 0.813. The van der Waals surface area contributed by atoms with E-state index < -0.39 is 0 Å². The second kappa shape index (κ2) is 1.85. The Bertz CT molecular complexity index is 40.8. The van der Waals surface area contributed by atoms with Crippen LogP contribution in [-0.2, 0) is 0 Å². The second-order valence-corrected chi connectivity index (χ2v) is 2.90. The number of hydrogen-bond acceptors (Lipinski definition) is 2. The fourth-order valence-corrected chi connectivity index (χ4v) is 1.57. The number of nitrogens with two attached hydrogens (primary N) is 1. The predicted molar refractivity (Wildman–Crippen MR) is 29.7 cm³/mol. The Morgan fingerprint density at radius 1 is 1.67 bits per heavy atom. The van der Waals surface area contributed by atoms with Crippen LogP contribution in [0.15, 0.2) is 0 Å². The molecule has 0 amide bonds. The summed E-state index contributed by atoms with van der Waals surface area (Å²) in [5.74, 6) is 1.28. The van der Waals surface area contributed by atoms with Crippen LogP contribution in [-0.4, -0.2) is 11.1 Å². The van der Waals surface area contributed by atoms with E-state index in [0.717, 1.165) is 0 Å². The van der Waals surface area contributed by atoms with Gasteiger partial charge in [0.15, 0.2) is 0 Å². The first-order chi connectivity index (χ1) is 2.89. The van der Waals surface area contributed by atoms with Crippen molar-refractivity contribution in [1.82, 2.24) is 0 Å². The third-order valence-electron chi connectivity index (χ3n) is 0.965. The largest absolute Gasteiger partial charge is 0.319 e. The van der Waals surface area contributed by atoms with Crippen LogP contribution >= 0.6 is 11.8 Å². The van der Waals surface area contributed by atoms with Crippen LogP contribution in [0.25, 0.3) is 0 Å². The van der Waals surface area contributed by atoms with Gasteiger partial charge in [-0.15, -0.1) is 11.8 Å². The molecule has 2 heteroatoms. The maximum atomic E-state index is 5.50. The topological polar surface area (TPSA) is 26.0 Å². The van der Waals surface area contributed by atoms with Gasteiger partial charge in [0.1, 0.15) is 0 Å². The molecule has 2 N–H and O–H groups in total. The quantitative estimate of drug-likeness (QED) is 0.490. The summed E-state index contributed by atoms with van der Waals surface area (Å²) in [6.45, 7) is 0. The van der Waals surface area contributed by atoms with Crippen LogP contribution in [0.4, 0.5) is 0 Å². The van der Waals surface area contributed by atoms with E-state index >= 15 is 0 Å². The summed E-state index contributed by atoms with van der Waals surface area (Å²) in [6.07, 6.45) is 2.55. The van der Waals surface area contributed by atoms with Crippen LogP contribution in [0.5, 0.6) is 0 Å². The lowest BCUT2D eigenvalue weighted by Crippen LogP contribution is -2.08. The minimum atomic E-state index is 0.463. The molecule has 0 radical (unpaired) electrons. The van der Waals surface area contributed by atoms with Crippen molar-refractivity contribution in [1.29, 1.82) is 0 Å². The van der Waals surface area contributed by atoms with Gasteiger partial charge in [-0.3, -0.25) is 0 Å². The highest BCUT2D eigenvalue weighted by Gasteiger charge is 2.08. The first-order valence-electron chi connectivity index (χ1n) is 2.27. The average molecular weight is 103 g/mol. The smallest absolute Gasteiger partial charge is 0.0507 e. The Hall–Kier alpha value is 0.310. The van der Waals surface area contributed by atoms with E-state index in [1.165, 1.54) is 18.6 Å². The molecular formula is C4H9NS. The van der Waals surface area contributed by atoms with E-state index in [1.54, 1.807) is 0 Å². The Kier molecular flexibility index (Phi) is 1.37. The lowest BCUT2D eigenvalue weighted by atomic mass is 10.3. The van der Waals surface area contributed by atoms with Gasteiger partial charge >= 0.3 is 0 Å². The highest BCUT2D eigenvalue weighted by Crippen LogP contribution is 2.20. The molecule has 0 saturated carbocycles. The molecule has 1 fully saturated rings. The van der Waals surface area contributed by atoms with Crippen molar-refractivity contribution in [3.05, 3.63) is 0 Å². The molecule has 1 heterocycles. The maximum Gasteiger partial charge on any atom is 0.0507 e. The molecule has 0 aromatic rings. The molecule has 1 atom stereocenters. The molecular weight excluding hydrogens is 94.1 g/mol. The Morgan fingerprint density at radius 2 is 2.50 bits per heavy atom. The average Bonchev–Trinajstić information content (AvgIpc) is 1.86. The fourth-order valence-electron chi connectivity index (χ4n) is 0.603. The molecule has 1 rings (SSSR count). The SMILES string of the molecule is NC1CCCS1. The highest BCUT2D eigenvalue weighted by atomic mass is 32.2. The van der Waals surface area contributed by atoms with Gasteiger partial charge in [0.2, 0.25) is 0 Å². The van der Waals surface area contributed by atoms with E-state index in [1.807, 2.05) is 11.8 Å². The third-order valence-corrected chi connectivity index (χ3v) is 2.15. The van der Waals surface area contributed by atoms with E-state index in [4.69, 9.17) is 5.73 Å². The summed E-state index contributed by atoms with van der Waals surface area (Å²) in [7, 11) is 0. The maximum absolute atomic E-state index is 5.50. The van der Waals surface area contributed by atoms with Gasteiger partial charge in [-0.05, 0) is 18.6 Å². The van der Waals surface area contributed by atoms with Gasteiger partial charge in [-0.25, -0.2) is 0 Å². The summed E-state index contributed by atoms with van der Waals surface area (Å²) >= 11 is 1.87. The van der Waals surface area contributed by atoms with Crippen LogP contribution in [0.3, 0.4) is 0 Å². The summed E-state index contributed by atoms with van der Waals surface area (Å²) < 4.78 is 0. The van der Waals surface area contributed by atoms with Crippen LogP contribution in [0.1, 0.15) is 12.8 Å². The number of hydrogen-bond donors (Lipinski definition) is 1. The Morgan fingerprint density at radius 3 is 2.67 bits per heavy atom.